The number of likely N-dealkylation sites (N-methyl/N-ethyl adjacent to an activating group) is 1. The van der Waals surface area contributed by atoms with Crippen molar-refractivity contribution >= 4 is 11.9 Å². The summed E-state index contributed by atoms with van der Waals surface area (Å²) in [6.07, 6.45) is 9.92. The van der Waals surface area contributed by atoms with E-state index in [1.807, 2.05) is 4.90 Å². The zero-order valence-electron chi connectivity index (χ0n) is 20.7. The Labute approximate surface area is 214 Å². The van der Waals surface area contributed by atoms with Crippen LogP contribution in [0.15, 0.2) is 53.6 Å². The van der Waals surface area contributed by atoms with Crippen LogP contribution >= 0.6 is 0 Å². The van der Waals surface area contributed by atoms with Gasteiger partial charge in [0.1, 0.15) is 6.54 Å². The zero-order chi connectivity index (χ0) is 25.4. The molecule has 4 aromatic rings. The lowest BCUT2D eigenvalue weighted by atomic mass is 9.64. The van der Waals surface area contributed by atoms with E-state index in [-0.39, 0.29) is 23.8 Å². The second-order valence-electron chi connectivity index (χ2n) is 9.88. The number of nitrogens with zero attached hydrogens (tertiary/aromatic N) is 8. The van der Waals surface area contributed by atoms with Gasteiger partial charge in [-0.3, -0.25) is 9.48 Å². The molecule has 2 fully saturated rings. The van der Waals surface area contributed by atoms with E-state index in [0.717, 1.165) is 62.1 Å². The van der Waals surface area contributed by atoms with Gasteiger partial charge in [-0.1, -0.05) is 35.8 Å². The Kier molecular flexibility index (Phi) is 5.91. The summed E-state index contributed by atoms with van der Waals surface area (Å²) in [4.78, 5) is 29.7. The second-order valence-corrected chi connectivity index (χ2v) is 9.88. The number of benzene rings is 1. The summed E-state index contributed by atoms with van der Waals surface area (Å²) in [6, 6.07) is 8.35. The molecule has 1 saturated heterocycles. The van der Waals surface area contributed by atoms with Crippen LogP contribution in [0.1, 0.15) is 30.7 Å². The molecule has 2 N–H and O–H groups in total. The Hall–Kier alpha value is -4.12. The van der Waals surface area contributed by atoms with Crippen LogP contribution in [0.3, 0.4) is 0 Å². The summed E-state index contributed by atoms with van der Waals surface area (Å²) in [7, 11) is 2.07. The highest BCUT2D eigenvalue weighted by molar-refractivity contribution is 5.76. The minimum atomic E-state index is -0.273. The summed E-state index contributed by atoms with van der Waals surface area (Å²) in [6.45, 7) is 3.46. The first-order chi connectivity index (χ1) is 18.0. The van der Waals surface area contributed by atoms with Crippen molar-refractivity contribution in [1.29, 1.82) is 0 Å². The summed E-state index contributed by atoms with van der Waals surface area (Å²) < 4.78 is 7.30. The highest BCUT2D eigenvalue weighted by Crippen LogP contribution is 2.48. The van der Waals surface area contributed by atoms with Crippen molar-refractivity contribution < 1.29 is 9.32 Å². The molecule has 0 atom stereocenters. The number of carbonyl (C=O) groups is 1. The summed E-state index contributed by atoms with van der Waals surface area (Å²) in [5.74, 6) is 1.42. The molecule has 0 bridgehead atoms. The van der Waals surface area contributed by atoms with Crippen molar-refractivity contribution in [2.24, 2.45) is 0 Å². The van der Waals surface area contributed by atoms with Crippen LogP contribution in [0.5, 0.6) is 0 Å². The SMILES string of the molecule is CN1CCN(C(=O)Cn2cc(-c3nc(C4(c5ccc(-c6cnc(N)nc6)cc5)CCC4)no3)cn2)CC1. The largest absolute Gasteiger partial charge is 0.368 e. The van der Waals surface area contributed by atoms with E-state index in [2.05, 4.69) is 56.4 Å². The van der Waals surface area contributed by atoms with E-state index in [1.165, 1.54) is 0 Å². The Balaban J connectivity index is 1.17. The minimum absolute atomic E-state index is 0.0661. The molecule has 6 rings (SSSR count). The van der Waals surface area contributed by atoms with Crippen molar-refractivity contribution in [2.75, 3.05) is 39.0 Å². The maximum Gasteiger partial charge on any atom is 0.261 e. The van der Waals surface area contributed by atoms with Gasteiger partial charge in [0.2, 0.25) is 11.9 Å². The monoisotopic (exact) mass is 499 g/mol. The van der Waals surface area contributed by atoms with Gasteiger partial charge < -0.3 is 20.1 Å². The van der Waals surface area contributed by atoms with Crippen molar-refractivity contribution in [1.82, 2.24) is 39.7 Å². The van der Waals surface area contributed by atoms with Crippen LogP contribution in [-0.2, 0) is 16.8 Å². The van der Waals surface area contributed by atoms with E-state index in [9.17, 15) is 4.79 Å². The third kappa shape index (κ3) is 4.46. The molecule has 1 aliphatic carbocycles. The lowest BCUT2D eigenvalue weighted by Gasteiger charge is -2.39. The average molecular weight is 500 g/mol. The Bertz CT molecular complexity index is 1380. The quantitative estimate of drug-likeness (QED) is 0.424. The molecule has 1 aromatic carbocycles. The van der Waals surface area contributed by atoms with Crippen molar-refractivity contribution in [3.63, 3.8) is 0 Å². The number of rotatable bonds is 6. The van der Waals surface area contributed by atoms with Crippen LogP contribution in [0.2, 0.25) is 0 Å². The van der Waals surface area contributed by atoms with Gasteiger partial charge in [-0.25, -0.2) is 9.97 Å². The van der Waals surface area contributed by atoms with Crippen LogP contribution in [0, 0.1) is 0 Å². The van der Waals surface area contributed by atoms with Gasteiger partial charge >= 0.3 is 0 Å². The molecular weight excluding hydrogens is 470 g/mol. The van der Waals surface area contributed by atoms with Crippen molar-refractivity contribution in [2.45, 2.75) is 31.2 Å². The van der Waals surface area contributed by atoms with Gasteiger partial charge in [0.05, 0.1) is 17.2 Å². The van der Waals surface area contributed by atoms with Crippen molar-refractivity contribution in [3.8, 4) is 22.6 Å². The molecule has 11 heteroatoms. The first-order valence-electron chi connectivity index (χ1n) is 12.5. The summed E-state index contributed by atoms with van der Waals surface area (Å²) >= 11 is 0. The highest BCUT2D eigenvalue weighted by Gasteiger charge is 2.44. The lowest BCUT2D eigenvalue weighted by Crippen LogP contribution is -2.48. The predicted molar refractivity (Wildman–Crippen MR) is 136 cm³/mol. The first kappa shape index (κ1) is 23.3. The van der Waals surface area contributed by atoms with Gasteiger partial charge in [-0.2, -0.15) is 10.1 Å². The number of aromatic nitrogens is 6. The zero-order valence-corrected chi connectivity index (χ0v) is 20.7. The molecule has 190 valence electrons. The van der Waals surface area contributed by atoms with Crippen LogP contribution in [0.4, 0.5) is 5.95 Å². The van der Waals surface area contributed by atoms with E-state index >= 15 is 0 Å². The molecule has 1 aliphatic heterocycles. The molecule has 0 radical (unpaired) electrons. The number of piperazine rings is 1. The lowest BCUT2D eigenvalue weighted by molar-refractivity contribution is -0.133. The number of carbonyl (C=O) groups excluding carboxylic acids is 1. The van der Waals surface area contributed by atoms with Gasteiger partial charge in [-0.15, -0.1) is 0 Å². The molecule has 11 nitrogen and oxygen atoms in total. The molecule has 0 spiro atoms. The molecular formula is C26H29N9O2. The second kappa shape index (κ2) is 9.40. The smallest absolute Gasteiger partial charge is 0.261 e. The van der Waals surface area contributed by atoms with Crippen LogP contribution < -0.4 is 5.73 Å². The van der Waals surface area contributed by atoms with Crippen LogP contribution in [0.25, 0.3) is 22.6 Å². The molecule has 0 unspecified atom stereocenters. The van der Waals surface area contributed by atoms with E-state index in [4.69, 9.17) is 15.2 Å². The standard InChI is InChI=1S/C26H29N9O2/c1-33-9-11-34(12-10-33)22(36)17-35-16-20(15-30-35)23-31-24(32-37-23)26(7-2-8-26)21-5-3-18(4-6-21)19-13-28-25(27)29-14-19/h3-6,13-16H,2,7-12,17H2,1H3,(H2,27,28,29). The first-order valence-corrected chi connectivity index (χ1v) is 12.5. The van der Waals surface area contributed by atoms with E-state index in [0.29, 0.717) is 17.3 Å². The normalized spacial score (nSPS) is 17.5. The molecule has 3 aromatic heterocycles. The Morgan fingerprint density at radius 1 is 1.00 bits per heavy atom. The summed E-state index contributed by atoms with van der Waals surface area (Å²) in [5, 5.41) is 8.73. The van der Waals surface area contributed by atoms with Gasteiger partial charge in [0, 0.05) is 50.3 Å². The Morgan fingerprint density at radius 2 is 1.73 bits per heavy atom. The predicted octanol–water partition coefficient (Wildman–Crippen LogP) is 2.22. The molecule has 4 heterocycles. The average Bonchev–Trinajstić information content (AvgIpc) is 3.55. The van der Waals surface area contributed by atoms with Crippen LogP contribution in [-0.4, -0.2) is 78.8 Å². The molecule has 1 saturated carbocycles. The number of hydrogen-bond acceptors (Lipinski definition) is 9. The topological polar surface area (TPSA) is 132 Å². The van der Waals surface area contributed by atoms with Crippen molar-refractivity contribution in [3.05, 3.63) is 60.4 Å². The number of amides is 1. The fourth-order valence-electron chi connectivity index (χ4n) is 5.03. The summed E-state index contributed by atoms with van der Waals surface area (Å²) in [5.41, 5.74) is 9.13. The third-order valence-electron chi connectivity index (χ3n) is 7.54. The fraction of sp³-hybridized carbons (Fsp3) is 0.385. The molecule has 1 amide bonds. The minimum Gasteiger partial charge on any atom is -0.368 e. The molecule has 37 heavy (non-hydrogen) atoms. The van der Waals surface area contributed by atoms with Gasteiger partial charge in [0.25, 0.3) is 5.89 Å². The van der Waals surface area contributed by atoms with Gasteiger partial charge in [-0.05, 0) is 31.0 Å². The highest BCUT2D eigenvalue weighted by atomic mass is 16.5. The Morgan fingerprint density at radius 3 is 2.41 bits per heavy atom. The van der Waals surface area contributed by atoms with E-state index in [1.54, 1.807) is 29.5 Å². The van der Waals surface area contributed by atoms with Gasteiger partial charge in [0.15, 0.2) is 5.82 Å². The number of hydrogen-bond donors (Lipinski definition) is 1. The van der Waals surface area contributed by atoms with E-state index < -0.39 is 0 Å². The fourth-order valence-corrected chi connectivity index (χ4v) is 5.03. The number of anilines is 1. The number of nitrogen functional groups attached to an aromatic ring is 1. The maximum atomic E-state index is 12.7. The third-order valence-corrected chi connectivity index (χ3v) is 7.54. The maximum absolute atomic E-state index is 12.7. The number of nitrogens with two attached hydrogens (primary N) is 1. The molecule has 2 aliphatic rings.